The topological polar surface area (TPSA) is 83.8 Å². The predicted molar refractivity (Wildman–Crippen MR) is 107 cm³/mol. The SMILES string of the molecule is CC(C)(O)c1cc2c(cc1NC(=O)c1cccc(C(F)(F)F)n1)=C[N+]1(CC13CCOC3)N=2. The van der Waals surface area contributed by atoms with Gasteiger partial charge in [-0.3, -0.25) is 4.79 Å². The molecule has 0 saturated carbocycles. The molecule has 3 aliphatic heterocycles. The Morgan fingerprint density at radius 1 is 1.28 bits per heavy atom. The highest BCUT2D eigenvalue weighted by Gasteiger charge is 2.73. The molecule has 2 atom stereocenters. The molecule has 168 valence electrons. The van der Waals surface area contributed by atoms with Crippen molar-refractivity contribution in [3.63, 3.8) is 0 Å². The van der Waals surface area contributed by atoms with E-state index in [1.165, 1.54) is 6.07 Å². The quantitative estimate of drug-likeness (QED) is 0.556. The molecular weight excluding hydrogens is 425 g/mol. The van der Waals surface area contributed by atoms with Crippen LogP contribution in [0.4, 0.5) is 18.9 Å². The molecule has 2 aromatic rings. The van der Waals surface area contributed by atoms with Gasteiger partial charge in [0.25, 0.3) is 5.91 Å². The zero-order valence-electron chi connectivity index (χ0n) is 17.5. The van der Waals surface area contributed by atoms with Crippen LogP contribution >= 0.6 is 0 Å². The number of hydrogen-bond donors (Lipinski definition) is 2. The van der Waals surface area contributed by atoms with E-state index in [1.807, 2.05) is 6.20 Å². The van der Waals surface area contributed by atoms with E-state index in [2.05, 4.69) is 10.3 Å². The molecule has 10 heteroatoms. The van der Waals surface area contributed by atoms with Crippen molar-refractivity contribution >= 4 is 17.8 Å². The maximum absolute atomic E-state index is 13.0. The number of benzene rings is 1. The van der Waals surface area contributed by atoms with Crippen LogP contribution in [0.3, 0.4) is 0 Å². The minimum absolute atomic E-state index is 0.0563. The second-order valence-electron chi connectivity index (χ2n) is 9.12. The van der Waals surface area contributed by atoms with E-state index in [-0.39, 0.29) is 11.2 Å². The smallest absolute Gasteiger partial charge is 0.386 e. The van der Waals surface area contributed by atoms with Crippen LogP contribution < -0.4 is 15.9 Å². The number of nitrogens with zero attached hydrogens (tertiary/aromatic N) is 3. The van der Waals surface area contributed by atoms with E-state index in [9.17, 15) is 23.1 Å². The number of carbonyl (C=O) groups is 1. The Morgan fingerprint density at radius 3 is 2.72 bits per heavy atom. The van der Waals surface area contributed by atoms with Gasteiger partial charge in [-0.25, -0.2) is 4.98 Å². The third-order valence-corrected chi connectivity index (χ3v) is 6.32. The lowest BCUT2D eigenvalue weighted by Gasteiger charge is -2.21. The van der Waals surface area contributed by atoms with Gasteiger partial charge in [0.05, 0.1) is 17.4 Å². The average molecular weight is 447 g/mol. The number of aliphatic hydroxyl groups is 1. The highest BCUT2D eigenvalue weighted by molar-refractivity contribution is 6.03. The second kappa shape index (κ2) is 6.60. The molecule has 0 aliphatic carbocycles. The van der Waals surface area contributed by atoms with Gasteiger partial charge < -0.3 is 15.2 Å². The number of anilines is 1. The van der Waals surface area contributed by atoms with Gasteiger partial charge in [-0.1, -0.05) is 11.2 Å². The third kappa shape index (κ3) is 3.30. The van der Waals surface area contributed by atoms with E-state index in [0.29, 0.717) is 34.4 Å². The third-order valence-electron chi connectivity index (χ3n) is 6.32. The highest BCUT2D eigenvalue weighted by atomic mass is 19.4. The van der Waals surface area contributed by atoms with Crippen LogP contribution in [0.5, 0.6) is 0 Å². The molecule has 1 amide bonds. The summed E-state index contributed by atoms with van der Waals surface area (Å²) in [5.74, 6) is -0.798. The lowest BCUT2D eigenvalue weighted by molar-refractivity contribution is -0.753. The van der Waals surface area contributed by atoms with E-state index >= 15 is 0 Å². The molecule has 4 heterocycles. The number of aromatic nitrogens is 1. The maximum atomic E-state index is 13.0. The number of carbonyl (C=O) groups excluding carboxylic acids is 1. The molecular formula is C22H22F3N4O3+. The van der Waals surface area contributed by atoms with E-state index in [1.54, 1.807) is 26.0 Å². The van der Waals surface area contributed by atoms with Crippen LogP contribution in [0.15, 0.2) is 35.4 Å². The summed E-state index contributed by atoms with van der Waals surface area (Å²) < 4.78 is 44.9. The molecule has 32 heavy (non-hydrogen) atoms. The molecule has 2 N–H and O–H groups in total. The van der Waals surface area contributed by atoms with Gasteiger partial charge in [0.1, 0.15) is 29.6 Å². The molecule has 0 radical (unpaired) electrons. The summed E-state index contributed by atoms with van der Waals surface area (Å²) in [6.07, 6.45) is -1.74. The Balaban J connectivity index is 1.52. The molecule has 2 saturated heterocycles. The lowest BCUT2D eigenvalue weighted by atomic mass is 9.95. The minimum Gasteiger partial charge on any atom is -0.386 e. The first-order chi connectivity index (χ1) is 14.9. The average Bonchev–Trinajstić information content (AvgIpc) is 3.01. The molecule has 2 spiro atoms. The minimum atomic E-state index is -4.66. The normalized spacial score (nSPS) is 26.1. The van der Waals surface area contributed by atoms with Crippen molar-refractivity contribution in [3.8, 4) is 0 Å². The van der Waals surface area contributed by atoms with Crippen molar-refractivity contribution in [1.82, 2.24) is 4.98 Å². The van der Waals surface area contributed by atoms with Crippen LogP contribution in [0.25, 0.3) is 6.20 Å². The number of pyridine rings is 1. The van der Waals surface area contributed by atoms with Crippen molar-refractivity contribution < 1.29 is 32.4 Å². The van der Waals surface area contributed by atoms with Gasteiger partial charge in [0.15, 0.2) is 6.54 Å². The summed E-state index contributed by atoms with van der Waals surface area (Å²) in [4.78, 5) is 16.2. The van der Waals surface area contributed by atoms with Crippen molar-refractivity contribution in [1.29, 1.82) is 0 Å². The first kappa shape index (κ1) is 21.0. The van der Waals surface area contributed by atoms with Gasteiger partial charge in [-0.2, -0.15) is 17.8 Å². The largest absolute Gasteiger partial charge is 0.433 e. The van der Waals surface area contributed by atoms with Gasteiger partial charge in [-0.15, -0.1) is 0 Å². The van der Waals surface area contributed by atoms with Gasteiger partial charge in [-0.05, 0) is 38.1 Å². The van der Waals surface area contributed by atoms with Crippen molar-refractivity contribution in [2.45, 2.75) is 37.6 Å². The fourth-order valence-electron chi connectivity index (χ4n) is 4.53. The zero-order chi connectivity index (χ0) is 22.9. The standard InChI is InChI=1S/C22H21F3N4O3/c1-20(2,31)14-9-16-13(10-29(28-16)11-21(29)6-7-32-12-21)8-17(14)27-19(30)15-4-3-5-18(26-15)22(23,24)25/h3-5,8-10,31H,6-7,11-12H2,1-2H3/p+1. The second-order valence-corrected chi connectivity index (χ2v) is 9.12. The number of amides is 1. The van der Waals surface area contributed by atoms with Crippen molar-refractivity contribution in [3.05, 3.63) is 57.9 Å². The molecule has 1 aromatic carbocycles. The molecule has 7 nitrogen and oxygen atoms in total. The Morgan fingerprint density at radius 2 is 2.06 bits per heavy atom. The first-order valence-electron chi connectivity index (χ1n) is 10.2. The van der Waals surface area contributed by atoms with E-state index in [0.717, 1.165) is 30.3 Å². The molecule has 5 rings (SSSR count). The van der Waals surface area contributed by atoms with E-state index in [4.69, 9.17) is 9.84 Å². The van der Waals surface area contributed by atoms with Crippen LogP contribution in [0.1, 0.15) is 42.0 Å². The van der Waals surface area contributed by atoms with Gasteiger partial charge in [0.2, 0.25) is 5.54 Å². The predicted octanol–water partition coefficient (Wildman–Crippen LogP) is 1.86. The monoisotopic (exact) mass is 447 g/mol. The fourth-order valence-corrected chi connectivity index (χ4v) is 4.53. The maximum Gasteiger partial charge on any atom is 0.433 e. The van der Waals surface area contributed by atoms with Crippen LogP contribution in [-0.2, 0) is 16.5 Å². The number of halogens is 3. The number of hydrogen-bond acceptors (Lipinski definition) is 5. The number of nitrogens with one attached hydrogen (secondary N) is 1. The number of rotatable bonds is 3. The summed E-state index contributed by atoms with van der Waals surface area (Å²) in [6, 6.07) is 6.57. The summed E-state index contributed by atoms with van der Waals surface area (Å²) in [5, 5.41) is 19.7. The highest BCUT2D eigenvalue weighted by Crippen LogP contribution is 2.50. The molecule has 1 aromatic heterocycles. The summed E-state index contributed by atoms with van der Waals surface area (Å²) in [7, 11) is 0. The van der Waals surface area contributed by atoms with Gasteiger partial charge >= 0.3 is 6.18 Å². The van der Waals surface area contributed by atoms with Crippen molar-refractivity contribution in [2.24, 2.45) is 5.10 Å². The Bertz CT molecular complexity index is 1250. The van der Waals surface area contributed by atoms with E-state index < -0.39 is 23.4 Å². The van der Waals surface area contributed by atoms with Crippen LogP contribution in [-0.4, -0.2) is 45.9 Å². The summed E-state index contributed by atoms with van der Waals surface area (Å²) in [5.41, 5.74) is -2.19. The molecule has 2 fully saturated rings. The van der Waals surface area contributed by atoms with Gasteiger partial charge in [0, 0.05) is 17.7 Å². The molecule has 3 aliphatic rings. The summed E-state index contributed by atoms with van der Waals surface area (Å²) >= 11 is 0. The van der Waals surface area contributed by atoms with Crippen molar-refractivity contribution in [2.75, 3.05) is 25.1 Å². The fraction of sp³-hybridized carbons (Fsp3) is 0.409. The molecule has 2 unspecified atom stereocenters. The summed E-state index contributed by atoms with van der Waals surface area (Å²) in [6.45, 7) is 5.29. The van der Waals surface area contributed by atoms with Crippen LogP contribution in [0, 0.1) is 0 Å². The number of fused-ring (bicyclic) bond motifs is 2. The number of ether oxygens (including phenoxy) is 1. The molecule has 0 bridgehead atoms. The number of alkyl halides is 3. The zero-order valence-corrected chi connectivity index (χ0v) is 17.5. The Labute approximate surface area is 181 Å². The lowest BCUT2D eigenvalue weighted by Crippen LogP contribution is -2.29. The van der Waals surface area contributed by atoms with Crippen LogP contribution in [0.2, 0.25) is 0 Å². The Hall–Kier alpha value is -2.82. The first-order valence-corrected chi connectivity index (χ1v) is 10.2. The Kier molecular flexibility index (Phi) is 4.34. The number of quaternary nitrogens is 1.